The van der Waals surface area contributed by atoms with E-state index >= 15 is 0 Å². The Morgan fingerprint density at radius 3 is 2.11 bits per heavy atom. The molecule has 0 aliphatic rings. The molecule has 0 spiro atoms. The Kier molecular flexibility index (Phi) is 11.7. The highest BCUT2D eigenvalue weighted by molar-refractivity contribution is 8.15. The number of carbonyl (C=O) groups is 4. The van der Waals surface area contributed by atoms with E-state index in [1.807, 2.05) is 43.3 Å². The standard InChI is InChI=1S/C27H34N2O6S.ClH/c1-18(30)36-27(5,16-19-11-13-22(14-12-19)29(6)7)24(32)28-21-10-8-9-20(15-21)23(31)34-17-35-25(33)26(2,3)4;/h8-15H,16-17H2,1-7H3,(H,28,32);1H. The molecule has 0 aromatic heterocycles. The van der Waals surface area contributed by atoms with Crippen LogP contribution in [0.3, 0.4) is 0 Å². The van der Waals surface area contributed by atoms with Crippen LogP contribution in [-0.2, 0) is 30.3 Å². The number of benzene rings is 2. The summed E-state index contributed by atoms with van der Waals surface area (Å²) in [5, 5.41) is 2.63. The monoisotopic (exact) mass is 550 g/mol. The van der Waals surface area contributed by atoms with E-state index in [1.165, 1.54) is 19.1 Å². The van der Waals surface area contributed by atoms with E-state index in [0.29, 0.717) is 12.1 Å². The van der Waals surface area contributed by atoms with Gasteiger partial charge in [0.25, 0.3) is 0 Å². The minimum Gasteiger partial charge on any atom is -0.427 e. The Labute approximate surface area is 228 Å². The van der Waals surface area contributed by atoms with Gasteiger partial charge in [-0.2, -0.15) is 0 Å². The molecule has 1 unspecified atom stereocenters. The predicted molar refractivity (Wildman–Crippen MR) is 149 cm³/mol. The summed E-state index contributed by atoms with van der Waals surface area (Å²) in [5.41, 5.74) is 1.78. The largest absolute Gasteiger partial charge is 0.427 e. The number of nitrogens with one attached hydrogen (secondary N) is 1. The van der Waals surface area contributed by atoms with Crippen molar-refractivity contribution in [3.05, 3.63) is 59.7 Å². The van der Waals surface area contributed by atoms with Gasteiger partial charge < -0.3 is 19.7 Å². The second kappa shape index (κ2) is 13.5. The SMILES string of the molecule is CC(=O)SC(C)(Cc1ccc(N(C)C)cc1)C(=O)Nc1cccc(C(=O)OCOC(=O)C(C)(C)C)c1.Cl. The Morgan fingerprint density at radius 2 is 1.57 bits per heavy atom. The maximum Gasteiger partial charge on any atom is 0.341 e. The molecule has 0 saturated heterocycles. The van der Waals surface area contributed by atoms with Gasteiger partial charge >= 0.3 is 11.9 Å². The molecule has 1 N–H and O–H groups in total. The number of hydrogen-bond donors (Lipinski definition) is 1. The van der Waals surface area contributed by atoms with Crippen molar-refractivity contribution in [3.8, 4) is 0 Å². The minimum atomic E-state index is -1.08. The summed E-state index contributed by atoms with van der Waals surface area (Å²) in [6, 6.07) is 14.0. The van der Waals surface area contributed by atoms with E-state index in [9.17, 15) is 19.2 Å². The van der Waals surface area contributed by atoms with Crippen LogP contribution in [0.5, 0.6) is 0 Å². The van der Waals surface area contributed by atoms with Crippen molar-refractivity contribution in [1.82, 2.24) is 0 Å². The molecule has 0 aliphatic carbocycles. The molecule has 202 valence electrons. The zero-order valence-electron chi connectivity index (χ0n) is 22.2. The smallest absolute Gasteiger partial charge is 0.341 e. The molecule has 0 fully saturated rings. The molecule has 2 aromatic rings. The molecular weight excluding hydrogens is 516 g/mol. The Hall–Kier alpha value is -3.04. The fourth-order valence-electron chi connectivity index (χ4n) is 3.20. The molecule has 0 bridgehead atoms. The Balaban J connectivity index is 0.00000684. The van der Waals surface area contributed by atoms with E-state index in [2.05, 4.69) is 5.32 Å². The molecule has 0 aliphatic heterocycles. The van der Waals surface area contributed by atoms with Gasteiger partial charge in [-0.3, -0.25) is 14.4 Å². The second-order valence-electron chi connectivity index (χ2n) is 9.83. The lowest BCUT2D eigenvalue weighted by molar-refractivity contribution is -0.161. The number of nitrogens with zero attached hydrogens (tertiary/aromatic N) is 1. The number of thioether (sulfide) groups is 1. The van der Waals surface area contributed by atoms with Crippen molar-refractivity contribution in [2.45, 2.75) is 45.8 Å². The first-order valence-corrected chi connectivity index (χ1v) is 12.2. The lowest BCUT2D eigenvalue weighted by atomic mass is 9.98. The molecule has 10 heteroatoms. The molecule has 37 heavy (non-hydrogen) atoms. The van der Waals surface area contributed by atoms with Gasteiger partial charge in [-0.25, -0.2) is 4.79 Å². The number of carbonyl (C=O) groups excluding carboxylic acids is 4. The van der Waals surface area contributed by atoms with E-state index in [-0.39, 0.29) is 29.0 Å². The molecule has 0 saturated carbocycles. The number of ether oxygens (including phenoxy) is 2. The van der Waals surface area contributed by atoms with E-state index in [4.69, 9.17) is 9.47 Å². The molecule has 0 radical (unpaired) electrons. The molecule has 0 heterocycles. The summed E-state index contributed by atoms with van der Waals surface area (Å²) >= 11 is 0.959. The first kappa shape index (κ1) is 32.0. The highest BCUT2D eigenvalue weighted by Crippen LogP contribution is 2.32. The third kappa shape index (κ3) is 9.74. The van der Waals surface area contributed by atoms with Crippen LogP contribution >= 0.6 is 24.2 Å². The number of anilines is 2. The summed E-state index contributed by atoms with van der Waals surface area (Å²) < 4.78 is 8.91. The van der Waals surface area contributed by atoms with Crippen LogP contribution in [0.1, 0.15) is 50.5 Å². The van der Waals surface area contributed by atoms with Gasteiger partial charge in [0.2, 0.25) is 12.7 Å². The third-order valence-electron chi connectivity index (χ3n) is 5.19. The van der Waals surface area contributed by atoms with Gasteiger partial charge in [-0.1, -0.05) is 30.0 Å². The highest BCUT2D eigenvalue weighted by atomic mass is 35.5. The maximum atomic E-state index is 13.3. The average Bonchev–Trinajstić information content (AvgIpc) is 2.78. The summed E-state index contributed by atoms with van der Waals surface area (Å²) in [6.07, 6.45) is 0.331. The quantitative estimate of drug-likeness (QED) is 0.340. The topological polar surface area (TPSA) is 102 Å². The molecule has 2 rings (SSSR count). The molecule has 2 aromatic carbocycles. The lowest BCUT2D eigenvalue weighted by Crippen LogP contribution is -2.40. The van der Waals surface area contributed by atoms with Gasteiger partial charge in [0, 0.05) is 32.4 Å². The molecular formula is C27H35ClN2O6S. The van der Waals surface area contributed by atoms with Crippen molar-refractivity contribution in [2.24, 2.45) is 5.41 Å². The van der Waals surface area contributed by atoms with Gasteiger partial charge in [-0.05, 0) is 70.0 Å². The van der Waals surface area contributed by atoms with Crippen LogP contribution in [0.25, 0.3) is 0 Å². The van der Waals surface area contributed by atoms with Crippen LogP contribution in [0.2, 0.25) is 0 Å². The summed E-state index contributed by atoms with van der Waals surface area (Å²) in [6.45, 7) is 7.72. The number of hydrogen-bond acceptors (Lipinski definition) is 8. The fraction of sp³-hybridized carbons (Fsp3) is 0.407. The molecule has 1 amide bonds. The van der Waals surface area contributed by atoms with Crippen molar-refractivity contribution in [3.63, 3.8) is 0 Å². The first-order chi connectivity index (χ1) is 16.7. The second-order valence-corrected chi connectivity index (χ2v) is 11.5. The number of rotatable bonds is 9. The fourth-order valence-corrected chi connectivity index (χ4v) is 4.22. The van der Waals surface area contributed by atoms with Crippen molar-refractivity contribution >= 4 is 58.5 Å². The summed E-state index contributed by atoms with van der Waals surface area (Å²) in [5.74, 6) is -1.56. The summed E-state index contributed by atoms with van der Waals surface area (Å²) in [7, 11) is 3.89. The Bertz CT molecular complexity index is 1110. The average molecular weight is 551 g/mol. The molecule has 1 atom stereocenters. The van der Waals surface area contributed by atoms with Crippen LogP contribution in [0, 0.1) is 5.41 Å². The predicted octanol–water partition coefficient (Wildman–Crippen LogP) is 5.10. The number of halogens is 1. The highest BCUT2D eigenvalue weighted by Gasteiger charge is 2.36. The van der Waals surface area contributed by atoms with Gasteiger partial charge in [0.1, 0.15) is 4.75 Å². The number of esters is 2. The van der Waals surface area contributed by atoms with Crippen LogP contribution in [0.4, 0.5) is 11.4 Å². The molecule has 8 nitrogen and oxygen atoms in total. The van der Waals surface area contributed by atoms with Crippen molar-refractivity contribution in [1.29, 1.82) is 0 Å². The van der Waals surface area contributed by atoms with Crippen LogP contribution in [0.15, 0.2) is 48.5 Å². The van der Waals surface area contributed by atoms with Crippen LogP contribution in [-0.4, -0.2) is 48.6 Å². The first-order valence-electron chi connectivity index (χ1n) is 11.4. The maximum absolute atomic E-state index is 13.3. The van der Waals surface area contributed by atoms with E-state index in [0.717, 1.165) is 23.0 Å². The summed E-state index contributed by atoms with van der Waals surface area (Å²) in [4.78, 5) is 51.5. The minimum absolute atomic E-state index is 0. The van der Waals surface area contributed by atoms with E-state index < -0.39 is 28.9 Å². The van der Waals surface area contributed by atoms with Gasteiger partial charge in [-0.15, -0.1) is 12.4 Å². The van der Waals surface area contributed by atoms with Gasteiger partial charge in [0.15, 0.2) is 5.12 Å². The lowest BCUT2D eigenvalue weighted by Gasteiger charge is -2.27. The Morgan fingerprint density at radius 1 is 0.946 bits per heavy atom. The van der Waals surface area contributed by atoms with Crippen LogP contribution < -0.4 is 10.2 Å². The van der Waals surface area contributed by atoms with Gasteiger partial charge in [0.05, 0.1) is 11.0 Å². The number of amides is 1. The zero-order chi connectivity index (χ0) is 27.1. The third-order valence-corrected chi connectivity index (χ3v) is 6.26. The van der Waals surface area contributed by atoms with E-state index in [1.54, 1.807) is 39.8 Å². The van der Waals surface area contributed by atoms with Crippen molar-refractivity contribution < 1.29 is 28.7 Å². The van der Waals surface area contributed by atoms with Crippen molar-refractivity contribution in [2.75, 3.05) is 31.1 Å². The normalized spacial score (nSPS) is 12.4. The zero-order valence-corrected chi connectivity index (χ0v) is 23.9.